The summed E-state index contributed by atoms with van der Waals surface area (Å²) in [6, 6.07) is 9.10. The number of aryl methyl sites for hydroxylation is 1. The third-order valence-corrected chi connectivity index (χ3v) is 5.84. The molecule has 2 aliphatic rings. The fourth-order valence-electron chi connectivity index (χ4n) is 4.29. The number of hydrogen-bond acceptors (Lipinski definition) is 5. The van der Waals surface area contributed by atoms with E-state index in [1.54, 1.807) is 19.2 Å². The Balaban J connectivity index is 1.39. The van der Waals surface area contributed by atoms with E-state index in [9.17, 15) is 18.8 Å². The lowest BCUT2D eigenvalue weighted by molar-refractivity contribution is -0.122. The average molecular weight is 437 g/mol. The van der Waals surface area contributed by atoms with E-state index in [0.717, 1.165) is 0 Å². The first kappa shape index (κ1) is 20.0. The zero-order valence-electron chi connectivity index (χ0n) is 17.2. The van der Waals surface area contributed by atoms with Gasteiger partial charge in [0.2, 0.25) is 17.7 Å². The van der Waals surface area contributed by atoms with Crippen LogP contribution in [0.1, 0.15) is 30.1 Å². The van der Waals surface area contributed by atoms with Gasteiger partial charge < -0.3 is 20.0 Å². The van der Waals surface area contributed by atoms with Gasteiger partial charge in [-0.1, -0.05) is 0 Å². The first-order chi connectivity index (χ1) is 15.4. The Bertz CT molecular complexity index is 1200. The molecule has 2 N–H and O–H groups in total. The van der Waals surface area contributed by atoms with Crippen LogP contribution in [-0.4, -0.2) is 34.0 Å². The maximum absolute atomic E-state index is 13.2. The highest BCUT2D eigenvalue weighted by molar-refractivity contribution is 6.04. The fraction of sp³-hybridized carbons (Fsp3) is 0.273. The summed E-state index contributed by atoms with van der Waals surface area (Å²) in [4.78, 5) is 39.2. The molecule has 4 heterocycles. The number of anilines is 3. The second kappa shape index (κ2) is 7.63. The van der Waals surface area contributed by atoms with Gasteiger partial charge in [0, 0.05) is 32.1 Å². The minimum Gasteiger partial charge on any atom is -0.469 e. The Hall–Kier alpha value is -3.95. The van der Waals surface area contributed by atoms with Gasteiger partial charge in [-0.15, -0.1) is 0 Å². The van der Waals surface area contributed by atoms with E-state index < -0.39 is 17.7 Å². The lowest BCUT2D eigenvalue weighted by Gasteiger charge is -2.22. The number of carbonyl (C=O) groups is 3. The summed E-state index contributed by atoms with van der Waals surface area (Å²) in [6.45, 7) is 0.184. The fourth-order valence-corrected chi connectivity index (χ4v) is 4.29. The van der Waals surface area contributed by atoms with E-state index in [1.807, 2.05) is 0 Å². The van der Waals surface area contributed by atoms with E-state index in [4.69, 9.17) is 4.42 Å². The molecule has 3 amide bonds. The van der Waals surface area contributed by atoms with Crippen molar-refractivity contribution in [3.63, 3.8) is 0 Å². The van der Waals surface area contributed by atoms with E-state index in [1.165, 1.54) is 40.1 Å². The highest BCUT2D eigenvalue weighted by Gasteiger charge is 2.38. The van der Waals surface area contributed by atoms with Crippen LogP contribution in [0.2, 0.25) is 0 Å². The third kappa shape index (κ3) is 3.43. The topological polar surface area (TPSA) is 109 Å². The average Bonchev–Trinajstić information content (AvgIpc) is 3.49. The van der Waals surface area contributed by atoms with Gasteiger partial charge in [0.15, 0.2) is 5.82 Å². The number of aromatic nitrogens is 2. The Morgan fingerprint density at radius 3 is 2.72 bits per heavy atom. The van der Waals surface area contributed by atoms with Crippen LogP contribution in [0.4, 0.5) is 21.7 Å². The van der Waals surface area contributed by atoms with Crippen molar-refractivity contribution in [1.82, 2.24) is 9.78 Å². The largest absolute Gasteiger partial charge is 0.469 e. The van der Waals surface area contributed by atoms with Gasteiger partial charge in [0.25, 0.3) is 0 Å². The summed E-state index contributed by atoms with van der Waals surface area (Å²) < 4.78 is 20.2. The molecule has 3 aromatic rings. The van der Waals surface area contributed by atoms with Crippen molar-refractivity contribution in [2.24, 2.45) is 13.0 Å². The number of carbonyl (C=O) groups excluding carboxylic acids is 3. The van der Waals surface area contributed by atoms with Gasteiger partial charge in [0.1, 0.15) is 17.4 Å². The molecule has 1 aromatic carbocycles. The molecule has 0 unspecified atom stereocenters. The summed E-state index contributed by atoms with van der Waals surface area (Å²) in [5.41, 5.74) is 1.21. The van der Waals surface area contributed by atoms with Gasteiger partial charge >= 0.3 is 0 Å². The summed E-state index contributed by atoms with van der Waals surface area (Å²) in [5, 5.41) is 10.0. The number of hydrogen-bond donors (Lipinski definition) is 2. The van der Waals surface area contributed by atoms with Crippen molar-refractivity contribution in [3.8, 4) is 0 Å². The molecule has 164 valence electrons. The zero-order chi connectivity index (χ0) is 22.4. The van der Waals surface area contributed by atoms with E-state index in [-0.39, 0.29) is 37.1 Å². The minimum atomic E-state index is -0.592. The van der Waals surface area contributed by atoms with Crippen LogP contribution in [0.3, 0.4) is 0 Å². The van der Waals surface area contributed by atoms with Crippen molar-refractivity contribution in [1.29, 1.82) is 0 Å². The van der Waals surface area contributed by atoms with E-state index >= 15 is 0 Å². The Morgan fingerprint density at radius 2 is 2.00 bits per heavy atom. The molecule has 1 fully saturated rings. The molecule has 0 radical (unpaired) electrons. The second-order valence-electron chi connectivity index (χ2n) is 7.93. The molecule has 9 nitrogen and oxygen atoms in total. The van der Waals surface area contributed by atoms with Crippen LogP contribution in [0, 0.1) is 11.7 Å². The van der Waals surface area contributed by atoms with Crippen molar-refractivity contribution in [3.05, 3.63) is 59.8 Å². The molecule has 2 aromatic heterocycles. The number of amides is 3. The predicted octanol–water partition coefficient (Wildman–Crippen LogP) is 2.62. The number of fused-ring (bicyclic) bond motifs is 1. The number of furan rings is 1. The summed E-state index contributed by atoms with van der Waals surface area (Å²) in [5.74, 6) is -0.689. The van der Waals surface area contributed by atoms with Crippen molar-refractivity contribution in [2.75, 3.05) is 22.1 Å². The number of nitrogens with zero attached hydrogens (tertiary/aromatic N) is 3. The lowest BCUT2D eigenvalue weighted by Crippen LogP contribution is -2.29. The molecule has 2 atom stereocenters. The minimum absolute atomic E-state index is 0.0383. The lowest BCUT2D eigenvalue weighted by atomic mass is 9.91. The highest BCUT2D eigenvalue weighted by Crippen LogP contribution is 2.41. The number of nitrogens with one attached hydrogen (secondary N) is 2. The molecule has 10 heteroatoms. The predicted molar refractivity (Wildman–Crippen MR) is 112 cm³/mol. The Labute approximate surface area is 182 Å². The van der Waals surface area contributed by atoms with Crippen LogP contribution in [-0.2, 0) is 21.4 Å². The van der Waals surface area contributed by atoms with Gasteiger partial charge in [-0.2, -0.15) is 5.10 Å². The van der Waals surface area contributed by atoms with E-state index in [0.29, 0.717) is 28.6 Å². The standard InChI is InChI=1S/C22H20FN5O4/c1-27-21-19(15(10-17(29)24-21)16-3-2-8-32-16)20(26-27)25-22(31)12-9-18(30)28(11-12)14-6-4-13(23)5-7-14/h2-8,12,15H,9-11H2,1H3,(H,24,29)(H,25,26,31)/t12-,15+/m0/s1. The Morgan fingerprint density at radius 1 is 1.22 bits per heavy atom. The summed E-state index contributed by atoms with van der Waals surface area (Å²) in [6.07, 6.45) is 1.73. The molecule has 0 saturated carbocycles. The van der Waals surface area contributed by atoms with E-state index in [2.05, 4.69) is 15.7 Å². The second-order valence-corrected chi connectivity index (χ2v) is 7.93. The SMILES string of the molecule is Cn1nc(NC(=O)[C@H]2CC(=O)N(c3ccc(F)cc3)C2)c2c1NC(=O)C[C@@H]2c1ccco1. The Kier molecular flexibility index (Phi) is 4.76. The molecule has 1 saturated heterocycles. The molecule has 32 heavy (non-hydrogen) atoms. The number of halogens is 1. The third-order valence-electron chi connectivity index (χ3n) is 5.84. The molecule has 0 spiro atoms. The van der Waals surface area contributed by atoms with Crippen LogP contribution in [0.5, 0.6) is 0 Å². The van der Waals surface area contributed by atoms with Gasteiger partial charge in [-0.3, -0.25) is 19.1 Å². The highest BCUT2D eigenvalue weighted by atomic mass is 19.1. The molecule has 2 aliphatic heterocycles. The summed E-state index contributed by atoms with van der Waals surface area (Å²) >= 11 is 0. The van der Waals surface area contributed by atoms with Crippen molar-refractivity contribution in [2.45, 2.75) is 18.8 Å². The monoisotopic (exact) mass is 437 g/mol. The van der Waals surface area contributed by atoms with Crippen molar-refractivity contribution >= 4 is 35.0 Å². The first-order valence-corrected chi connectivity index (χ1v) is 10.2. The van der Waals surface area contributed by atoms with Gasteiger partial charge in [-0.25, -0.2) is 4.39 Å². The first-order valence-electron chi connectivity index (χ1n) is 10.2. The molecule has 5 rings (SSSR count). The maximum atomic E-state index is 13.2. The maximum Gasteiger partial charge on any atom is 0.231 e. The van der Waals surface area contributed by atoms with Crippen LogP contribution in [0.15, 0.2) is 47.1 Å². The molecular formula is C22H20FN5O4. The van der Waals surface area contributed by atoms with Crippen LogP contribution >= 0.6 is 0 Å². The smallest absolute Gasteiger partial charge is 0.231 e. The van der Waals surface area contributed by atoms with Gasteiger partial charge in [-0.05, 0) is 36.4 Å². The molecular weight excluding hydrogens is 417 g/mol. The normalized spacial score (nSPS) is 20.2. The molecule has 0 aliphatic carbocycles. The summed E-state index contributed by atoms with van der Waals surface area (Å²) in [7, 11) is 1.68. The number of benzene rings is 1. The quantitative estimate of drug-likeness (QED) is 0.652. The zero-order valence-corrected chi connectivity index (χ0v) is 17.2. The van der Waals surface area contributed by atoms with Crippen molar-refractivity contribution < 1.29 is 23.2 Å². The van der Waals surface area contributed by atoms with Crippen LogP contribution in [0.25, 0.3) is 0 Å². The molecule has 0 bridgehead atoms. The van der Waals surface area contributed by atoms with Crippen LogP contribution < -0.4 is 15.5 Å². The number of rotatable bonds is 4. The van der Waals surface area contributed by atoms with Gasteiger partial charge in [0.05, 0.1) is 23.7 Å².